The highest BCUT2D eigenvalue weighted by atomic mass is 35.5. The molecule has 0 saturated heterocycles. The van der Waals surface area contributed by atoms with Crippen molar-refractivity contribution in [2.75, 3.05) is 26.2 Å². The number of amides is 1. The second-order valence-electron chi connectivity index (χ2n) is 5.00. The molecule has 0 saturated carbocycles. The van der Waals surface area contributed by atoms with Crippen molar-refractivity contribution in [3.05, 3.63) is 51.7 Å². The van der Waals surface area contributed by atoms with Crippen LogP contribution in [0.25, 0.3) is 0 Å². The van der Waals surface area contributed by atoms with Crippen LogP contribution in [-0.2, 0) is 11.3 Å². The van der Waals surface area contributed by atoms with Gasteiger partial charge in [-0.15, -0.1) is 11.3 Å². The van der Waals surface area contributed by atoms with E-state index < -0.39 is 0 Å². The van der Waals surface area contributed by atoms with E-state index in [9.17, 15) is 4.79 Å². The van der Waals surface area contributed by atoms with E-state index in [4.69, 9.17) is 16.3 Å². The highest BCUT2D eigenvalue weighted by Gasteiger charge is 2.09. The van der Waals surface area contributed by atoms with Crippen LogP contribution in [0.4, 0.5) is 0 Å². The van der Waals surface area contributed by atoms with E-state index in [2.05, 4.69) is 5.32 Å². The highest BCUT2D eigenvalue weighted by Crippen LogP contribution is 2.22. The molecule has 0 aliphatic heterocycles. The fraction of sp³-hybridized carbons (Fsp3) is 0.353. The molecule has 0 bridgehead atoms. The molecule has 2 rings (SSSR count). The molecule has 0 spiro atoms. The lowest BCUT2D eigenvalue weighted by molar-refractivity contribution is -0.122. The zero-order valence-electron chi connectivity index (χ0n) is 13.1. The van der Waals surface area contributed by atoms with Gasteiger partial charge in [-0.05, 0) is 30.1 Å². The number of thiophene rings is 1. The van der Waals surface area contributed by atoms with Crippen molar-refractivity contribution in [3.63, 3.8) is 0 Å². The first-order valence-electron chi connectivity index (χ1n) is 7.57. The Bertz CT molecular complexity index is 604. The Balaban J connectivity index is 1.70. The minimum atomic E-state index is 0.0259. The van der Waals surface area contributed by atoms with Gasteiger partial charge in [0.05, 0.1) is 18.1 Å². The maximum Gasteiger partial charge on any atom is 0.234 e. The molecule has 124 valence electrons. The summed E-state index contributed by atoms with van der Waals surface area (Å²) in [7, 11) is 0. The third-order valence-corrected chi connectivity index (χ3v) is 4.54. The molecule has 0 aliphatic rings. The third-order valence-electron chi connectivity index (χ3n) is 3.36. The standard InChI is InChI=1S/C17H21ClN2O2S/c1-2-20(9-10-22-16-8-4-3-7-15(16)18)13-17(21)19-12-14-6-5-11-23-14/h3-8,11H,2,9-10,12-13H2,1H3,(H,19,21). The largest absolute Gasteiger partial charge is 0.491 e. The van der Waals surface area contributed by atoms with E-state index in [1.54, 1.807) is 17.4 Å². The van der Waals surface area contributed by atoms with Gasteiger partial charge in [-0.2, -0.15) is 0 Å². The molecular weight excluding hydrogens is 332 g/mol. The average Bonchev–Trinajstić information content (AvgIpc) is 3.07. The van der Waals surface area contributed by atoms with Crippen molar-refractivity contribution in [2.24, 2.45) is 0 Å². The number of likely N-dealkylation sites (N-methyl/N-ethyl adjacent to an activating group) is 1. The van der Waals surface area contributed by atoms with Gasteiger partial charge in [0.1, 0.15) is 12.4 Å². The van der Waals surface area contributed by atoms with Gasteiger partial charge in [0.2, 0.25) is 5.91 Å². The minimum Gasteiger partial charge on any atom is -0.491 e. The Morgan fingerprint density at radius 3 is 2.83 bits per heavy atom. The van der Waals surface area contributed by atoms with Crippen molar-refractivity contribution in [1.82, 2.24) is 10.2 Å². The van der Waals surface area contributed by atoms with E-state index in [1.807, 2.05) is 47.5 Å². The van der Waals surface area contributed by atoms with Crippen LogP contribution in [0, 0.1) is 0 Å². The number of nitrogens with one attached hydrogen (secondary N) is 1. The highest BCUT2D eigenvalue weighted by molar-refractivity contribution is 7.09. The van der Waals surface area contributed by atoms with Crippen LogP contribution in [-0.4, -0.2) is 37.0 Å². The van der Waals surface area contributed by atoms with Crippen molar-refractivity contribution < 1.29 is 9.53 Å². The zero-order valence-corrected chi connectivity index (χ0v) is 14.7. The minimum absolute atomic E-state index is 0.0259. The Morgan fingerprint density at radius 2 is 2.13 bits per heavy atom. The van der Waals surface area contributed by atoms with Gasteiger partial charge < -0.3 is 10.1 Å². The molecule has 1 N–H and O–H groups in total. The van der Waals surface area contributed by atoms with Gasteiger partial charge >= 0.3 is 0 Å². The second kappa shape index (κ2) is 9.55. The Morgan fingerprint density at radius 1 is 1.30 bits per heavy atom. The molecule has 1 aromatic carbocycles. The maximum absolute atomic E-state index is 12.0. The number of benzene rings is 1. The number of nitrogens with zero attached hydrogens (tertiary/aromatic N) is 1. The molecule has 0 unspecified atom stereocenters. The summed E-state index contributed by atoms with van der Waals surface area (Å²) in [5.74, 6) is 0.699. The molecule has 1 amide bonds. The smallest absolute Gasteiger partial charge is 0.234 e. The monoisotopic (exact) mass is 352 g/mol. The number of ether oxygens (including phenoxy) is 1. The Labute approximate surface area is 146 Å². The lowest BCUT2D eigenvalue weighted by Crippen LogP contribution is -2.38. The molecule has 0 atom stereocenters. The van der Waals surface area contributed by atoms with Crippen LogP contribution in [0.1, 0.15) is 11.8 Å². The van der Waals surface area contributed by atoms with Crippen molar-refractivity contribution >= 4 is 28.8 Å². The summed E-state index contributed by atoms with van der Waals surface area (Å²) in [6, 6.07) is 11.4. The maximum atomic E-state index is 12.0. The predicted octanol–water partition coefficient (Wildman–Crippen LogP) is 3.42. The van der Waals surface area contributed by atoms with E-state index >= 15 is 0 Å². The van der Waals surface area contributed by atoms with Crippen LogP contribution in [0.15, 0.2) is 41.8 Å². The average molecular weight is 353 g/mol. The molecule has 4 nitrogen and oxygen atoms in total. The van der Waals surface area contributed by atoms with Gasteiger partial charge in [0.15, 0.2) is 0 Å². The summed E-state index contributed by atoms with van der Waals surface area (Å²) >= 11 is 7.69. The molecule has 6 heteroatoms. The number of halogens is 1. The van der Waals surface area contributed by atoms with Gasteiger partial charge in [0, 0.05) is 11.4 Å². The number of rotatable bonds is 9. The van der Waals surface area contributed by atoms with Crippen LogP contribution in [0.2, 0.25) is 5.02 Å². The first-order valence-corrected chi connectivity index (χ1v) is 8.83. The van der Waals surface area contributed by atoms with Crippen LogP contribution >= 0.6 is 22.9 Å². The summed E-state index contributed by atoms with van der Waals surface area (Å²) in [5, 5.41) is 5.54. The summed E-state index contributed by atoms with van der Waals surface area (Å²) in [6.45, 7) is 4.95. The normalized spacial score (nSPS) is 10.7. The number of carbonyl (C=O) groups is 1. The fourth-order valence-corrected chi connectivity index (χ4v) is 2.89. The number of para-hydroxylation sites is 1. The predicted molar refractivity (Wildman–Crippen MR) is 95.2 cm³/mol. The van der Waals surface area contributed by atoms with Crippen LogP contribution in [0.3, 0.4) is 0 Å². The lowest BCUT2D eigenvalue weighted by Gasteiger charge is -2.20. The van der Waals surface area contributed by atoms with Gasteiger partial charge in [-0.25, -0.2) is 0 Å². The third kappa shape index (κ3) is 6.22. The van der Waals surface area contributed by atoms with E-state index in [0.29, 0.717) is 37.0 Å². The van der Waals surface area contributed by atoms with Crippen molar-refractivity contribution in [1.29, 1.82) is 0 Å². The van der Waals surface area contributed by atoms with Gasteiger partial charge in [0.25, 0.3) is 0 Å². The SMILES string of the molecule is CCN(CCOc1ccccc1Cl)CC(=O)NCc1cccs1. The summed E-state index contributed by atoms with van der Waals surface area (Å²) in [6.07, 6.45) is 0. The van der Waals surface area contributed by atoms with E-state index in [0.717, 1.165) is 11.4 Å². The molecule has 23 heavy (non-hydrogen) atoms. The molecule has 0 radical (unpaired) electrons. The lowest BCUT2D eigenvalue weighted by atomic mass is 10.3. The Hall–Kier alpha value is -1.56. The number of carbonyl (C=O) groups excluding carboxylic acids is 1. The summed E-state index contributed by atoms with van der Waals surface area (Å²) in [5.41, 5.74) is 0. The zero-order chi connectivity index (χ0) is 16.5. The van der Waals surface area contributed by atoms with E-state index in [1.165, 1.54) is 0 Å². The Kier molecular flexibility index (Phi) is 7.39. The topological polar surface area (TPSA) is 41.6 Å². The fourth-order valence-electron chi connectivity index (χ4n) is 2.05. The van der Waals surface area contributed by atoms with Gasteiger partial charge in [-0.1, -0.05) is 36.7 Å². The van der Waals surface area contributed by atoms with Crippen LogP contribution < -0.4 is 10.1 Å². The summed E-state index contributed by atoms with van der Waals surface area (Å²) < 4.78 is 5.67. The van der Waals surface area contributed by atoms with E-state index in [-0.39, 0.29) is 5.91 Å². The molecule has 1 aromatic heterocycles. The molecule has 0 aliphatic carbocycles. The van der Waals surface area contributed by atoms with Crippen molar-refractivity contribution in [2.45, 2.75) is 13.5 Å². The molecular formula is C17H21ClN2O2S. The molecule has 1 heterocycles. The quantitative estimate of drug-likeness (QED) is 0.751. The molecule has 0 fully saturated rings. The first kappa shape index (κ1) is 17.8. The van der Waals surface area contributed by atoms with Crippen molar-refractivity contribution in [3.8, 4) is 5.75 Å². The first-order chi connectivity index (χ1) is 11.2. The van der Waals surface area contributed by atoms with Crippen LogP contribution in [0.5, 0.6) is 5.75 Å². The second-order valence-corrected chi connectivity index (χ2v) is 6.44. The number of hydrogen-bond donors (Lipinski definition) is 1. The number of hydrogen-bond acceptors (Lipinski definition) is 4. The van der Waals surface area contributed by atoms with Gasteiger partial charge in [-0.3, -0.25) is 9.69 Å². The molecule has 2 aromatic rings. The summed E-state index contributed by atoms with van der Waals surface area (Å²) in [4.78, 5) is 15.2.